The van der Waals surface area contributed by atoms with Crippen molar-refractivity contribution in [1.82, 2.24) is 0 Å². The topological polar surface area (TPSA) is 68.3 Å². The molecule has 0 saturated carbocycles. The van der Waals surface area contributed by atoms with Gasteiger partial charge in [-0.2, -0.15) is 0 Å². The molecule has 0 spiro atoms. The minimum atomic E-state index is -0.836. The maximum absolute atomic E-state index is 14.0. The normalized spacial score (nSPS) is 16.3. The number of hydrogen-bond acceptors (Lipinski definition) is 5. The van der Waals surface area contributed by atoms with Gasteiger partial charge in [0.05, 0.1) is 27.0 Å². The molecule has 0 radical (unpaired) electrons. The van der Waals surface area contributed by atoms with Crippen molar-refractivity contribution < 1.29 is 23.8 Å². The van der Waals surface area contributed by atoms with E-state index in [1.54, 1.807) is 61.6 Å². The summed E-state index contributed by atoms with van der Waals surface area (Å²) in [5, 5.41) is 0. The van der Waals surface area contributed by atoms with Gasteiger partial charge in [-0.15, -0.1) is 0 Å². The third kappa shape index (κ3) is 4.84. The highest BCUT2D eigenvalue weighted by Gasteiger charge is 2.42. The zero-order chi connectivity index (χ0) is 24.9. The minimum Gasteiger partial charge on any atom is -0.497 e. The molecule has 35 heavy (non-hydrogen) atoms. The molecule has 7 nitrogen and oxygen atoms in total. The van der Waals surface area contributed by atoms with E-state index in [2.05, 4.69) is 0 Å². The highest BCUT2D eigenvalue weighted by molar-refractivity contribution is 6.16. The van der Waals surface area contributed by atoms with Crippen molar-refractivity contribution in [3.63, 3.8) is 0 Å². The Morgan fingerprint density at radius 1 is 0.857 bits per heavy atom. The molecule has 0 aromatic heterocycles. The lowest BCUT2D eigenvalue weighted by molar-refractivity contribution is -0.127. The second kappa shape index (κ2) is 10.3. The largest absolute Gasteiger partial charge is 0.497 e. The van der Waals surface area contributed by atoms with Crippen molar-refractivity contribution in [3.8, 4) is 17.2 Å². The Morgan fingerprint density at radius 2 is 1.51 bits per heavy atom. The van der Waals surface area contributed by atoms with Gasteiger partial charge in [-0.05, 0) is 54.5 Å². The van der Waals surface area contributed by atoms with Crippen LogP contribution in [0.2, 0.25) is 0 Å². The first-order chi connectivity index (χ1) is 17.0. The smallest absolute Gasteiger partial charge is 0.255 e. The third-order valence-corrected chi connectivity index (χ3v) is 5.97. The molecule has 0 bridgehead atoms. The van der Waals surface area contributed by atoms with Crippen molar-refractivity contribution in [1.29, 1.82) is 0 Å². The molecule has 1 fully saturated rings. The zero-order valence-electron chi connectivity index (χ0n) is 20.2. The molecule has 2 amide bonds. The van der Waals surface area contributed by atoms with Crippen LogP contribution in [0.1, 0.15) is 12.5 Å². The first kappa shape index (κ1) is 23.9. The van der Waals surface area contributed by atoms with Crippen LogP contribution in [0, 0.1) is 0 Å². The number of nitrogens with zero attached hydrogens (tertiary/aromatic N) is 2. The van der Waals surface area contributed by atoms with E-state index in [0.29, 0.717) is 28.6 Å². The van der Waals surface area contributed by atoms with Gasteiger partial charge in [-0.3, -0.25) is 19.4 Å². The van der Waals surface area contributed by atoms with Gasteiger partial charge in [0, 0.05) is 11.8 Å². The van der Waals surface area contributed by atoms with E-state index < -0.39 is 6.04 Å². The lowest BCUT2D eigenvalue weighted by Gasteiger charge is -2.41. The monoisotopic (exact) mass is 472 g/mol. The van der Waals surface area contributed by atoms with Gasteiger partial charge in [0.25, 0.3) is 5.91 Å². The molecular formula is C28H28N2O5. The van der Waals surface area contributed by atoms with Crippen molar-refractivity contribution >= 4 is 29.3 Å². The number of carbonyl (C=O) groups excluding carboxylic acids is 2. The fourth-order valence-corrected chi connectivity index (χ4v) is 4.23. The Kier molecular flexibility index (Phi) is 7.06. The average Bonchev–Trinajstić information content (AvgIpc) is 2.89. The van der Waals surface area contributed by atoms with E-state index >= 15 is 0 Å². The summed E-state index contributed by atoms with van der Waals surface area (Å²) in [6.07, 6.45) is 1.93. The quantitative estimate of drug-likeness (QED) is 0.504. The summed E-state index contributed by atoms with van der Waals surface area (Å²) in [6, 6.07) is 21.2. The maximum Gasteiger partial charge on any atom is 0.255 e. The first-order valence-corrected chi connectivity index (χ1v) is 11.2. The van der Waals surface area contributed by atoms with Crippen LogP contribution in [0.3, 0.4) is 0 Å². The van der Waals surface area contributed by atoms with Crippen molar-refractivity contribution in [2.75, 3.05) is 37.7 Å². The van der Waals surface area contributed by atoms with Gasteiger partial charge >= 0.3 is 0 Å². The van der Waals surface area contributed by atoms with Gasteiger partial charge in [-0.1, -0.05) is 36.4 Å². The SMILES string of the molecule is COc1ccc(N2C(=O)CN(c3ccc(OC)cc3OC)C(=O)C2C(C)=Cc2ccccc2)cc1. The Hall–Kier alpha value is -4.26. The van der Waals surface area contributed by atoms with Crippen molar-refractivity contribution in [2.45, 2.75) is 13.0 Å². The van der Waals surface area contributed by atoms with Crippen LogP contribution in [0.15, 0.2) is 78.4 Å². The molecule has 1 heterocycles. The Balaban J connectivity index is 1.80. The number of hydrogen-bond donors (Lipinski definition) is 0. The van der Waals surface area contributed by atoms with E-state index in [1.807, 2.05) is 43.3 Å². The molecule has 1 unspecified atom stereocenters. The molecule has 7 heteroatoms. The summed E-state index contributed by atoms with van der Waals surface area (Å²) in [5.74, 6) is 1.28. The second-order valence-corrected chi connectivity index (χ2v) is 8.13. The predicted octanol–water partition coefficient (Wildman–Crippen LogP) is 4.56. The van der Waals surface area contributed by atoms with Gasteiger partial charge in [0.1, 0.15) is 29.8 Å². The molecule has 3 aromatic carbocycles. The molecular weight excluding hydrogens is 444 g/mol. The van der Waals surface area contributed by atoms with Crippen LogP contribution in [0.4, 0.5) is 11.4 Å². The minimum absolute atomic E-state index is 0.122. The van der Waals surface area contributed by atoms with E-state index in [1.165, 1.54) is 12.0 Å². The number of carbonyl (C=O) groups is 2. The summed E-state index contributed by atoms with van der Waals surface area (Å²) in [5.41, 5.74) is 2.82. The maximum atomic E-state index is 14.0. The number of methoxy groups -OCH3 is 3. The zero-order valence-corrected chi connectivity index (χ0v) is 20.2. The van der Waals surface area contributed by atoms with E-state index in [0.717, 1.165) is 11.1 Å². The molecule has 0 aliphatic carbocycles. The van der Waals surface area contributed by atoms with Crippen LogP contribution >= 0.6 is 0 Å². The molecule has 3 aromatic rings. The molecule has 1 atom stereocenters. The summed E-state index contributed by atoms with van der Waals surface area (Å²) in [4.78, 5) is 30.6. The number of piperazine rings is 1. The molecule has 180 valence electrons. The summed E-state index contributed by atoms with van der Waals surface area (Å²) in [6.45, 7) is 1.75. The Morgan fingerprint density at radius 3 is 2.14 bits per heavy atom. The third-order valence-electron chi connectivity index (χ3n) is 5.97. The van der Waals surface area contributed by atoms with Gasteiger partial charge in [0.15, 0.2) is 0 Å². The number of rotatable bonds is 7. The fourth-order valence-electron chi connectivity index (χ4n) is 4.23. The standard InChI is InChI=1S/C28H28N2O5/c1-19(16-20-8-6-5-7-9-20)27-28(32)29(24-15-14-23(34-3)17-25(24)35-4)18-26(31)30(27)21-10-12-22(33-2)13-11-21/h5-17,27H,18H2,1-4H3. The van der Waals surface area contributed by atoms with Gasteiger partial charge in [0.2, 0.25) is 5.91 Å². The van der Waals surface area contributed by atoms with Crippen molar-refractivity contribution in [3.05, 3.63) is 83.9 Å². The van der Waals surface area contributed by atoms with Crippen LogP contribution < -0.4 is 24.0 Å². The summed E-state index contributed by atoms with van der Waals surface area (Å²) < 4.78 is 16.1. The summed E-state index contributed by atoms with van der Waals surface area (Å²) >= 11 is 0. The number of benzene rings is 3. The Labute approximate surface area is 205 Å². The molecule has 0 N–H and O–H groups in total. The Bertz CT molecular complexity index is 1240. The summed E-state index contributed by atoms with van der Waals surface area (Å²) in [7, 11) is 4.67. The lowest BCUT2D eigenvalue weighted by atomic mass is 9.98. The molecule has 4 rings (SSSR count). The highest BCUT2D eigenvalue weighted by atomic mass is 16.5. The first-order valence-electron chi connectivity index (χ1n) is 11.2. The van der Waals surface area contributed by atoms with Crippen LogP contribution in [0.5, 0.6) is 17.2 Å². The van der Waals surface area contributed by atoms with Crippen LogP contribution in [-0.4, -0.2) is 45.7 Å². The van der Waals surface area contributed by atoms with Gasteiger partial charge < -0.3 is 14.2 Å². The number of ether oxygens (including phenoxy) is 3. The van der Waals surface area contributed by atoms with Crippen LogP contribution in [0.25, 0.3) is 6.08 Å². The number of amides is 2. The molecule has 1 aliphatic heterocycles. The predicted molar refractivity (Wildman–Crippen MR) is 136 cm³/mol. The second-order valence-electron chi connectivity index (χ2n) is 8.13. The average molecular weight is 473 g/mol. The lowest BCUT2D eigenvalue weighted by Crippen LogP contribution is -2.61. The van der Waals surface area contributed by atoms with E-state index in [9.17, 15) is 9.59 Å². The van der Waals surface area contributed by atoms with E-state index in [-0.39, 0.29) is 18.4 Å². The molecule has 1 aliphatic rings. The van der Waals surface area contributed by atoms with Crippen LogP contribution in [-0.2, 0) is 9.59 Å². The van der Waals surface area contributed by atoms with Crippen molar-refractivity contribution in [2.24, 2.45) is 0 Å². The number of anilines is 2. The van der Waals surface area contributed by atoms with E-state index in [4.69, 9.17) is 14.2 Å². The van der Waals surface area contributed by atoms with Gasteiger partial charge in [-0.25, -0.2) is 0 Å². The fraction of sp³-hybridized carbons (Fsp3) is 0.214. The molecule has 1 saturated heterocycles. The highest BCUT2D eigenvalue weighted by Crippen LogP contribution is 2.36.